The summed E-state index contributed by atoms with van der Waals surface area (Å²) in [5.41, 5.74) is 1.00. The fourth-order valence-electron chi connectivity index (χ4n) is 3.32. The van der Waals surface area contributed by atoms with Crippen LogP contribution in [0, 0.1) is 10.1 Å². The Morgan fingerprint density at radius 3 is 2.45 bits per heavy atom. The highest BCUT2D eigenvalue weighted by Gasteiger charge is 2.24. The Balaban J connectivity index is 1.50. The summed E-state index contributed by atoms with van der Waals surface area (Å²) in [6.45, 7) is 0. The minimum atomic E-state index is -3.99. The number of rotatable bonds is 8. The first kappa shape index (κ1) is 22.2. The number of non-ortho nitro benzene ring substituents is 1. The first-order valence-electron chi connectivity index (χ1n) is 10.0. The molecule has 1 N–H and O–H groups in total. The molecule has 0 aliphatic heterocycles. The molecule has 10 heteroatoms. The fourth-order valence-corrected chi connectivity index (χ4v) is 4.53. The maximum Gasteiger partial charge on any atom is 0.269 e. The molecule has 1 heterocycles. The summed E-state index contributed by atoms with van der Waals surface area (Å²) in [6, 6.07) is 15.2. The van der Waals surface area contributed by atoms with Crippen LogP contribution < -0.4 is 4.74 Å². The van der Waals surface area contributed by atoms with Crippen LogP contribution in [0.4, 0.5) is 5.69 Å². The number of allylic oxidation sites excluding steroid dienone is 3. The van der Waals surface area contributed by atoms with Crippen molar-refractivity contribution in [3.05, 3.63) is 100 Å². The number of ketones is 1. The number of aromatic nitrogens is 2. The third kappa shape index (κ3) is 5.07. The molecule has 1 aliphatic rings. The summed E-state index contributed by atoms with van der Waals surface area (Å²) in [7, 11) is -3.99. The van der Waals surface area contributed by atoms with Crippen molar-refractivity contribution in [2.75, 3.05) is 5.75 Å². The van der Waals surface area contributed by atoms with Gasteiger partial charge in [-0.15, -0.1) is 0 Å². The number of benzene rings is 2. The van der Waals surface area contributed by atoms with Gasteiger partial charge >= 0.3 is 0 Å². The standard InChI is InChI=1S/C23H19N3O6S/c27-22(15-33(30,31)18-12-10-16(11-13-18)26(28)29)21-14-20(24-25-21)19-8-4-5-9-23(19)32-17-6-2-1-3-7-17/h1-3,6-14H,4-5,15H2,(H,24,25). The van der Waals surface area contributed by atoms with Gasteiger partial charge in [-0.2, -0.15) is 5.10 Å². The maximum absolute atomic E-state index is 12.6. The Labute approximate surface area is 189 Å². The second-order valence-electron chi connectivity index (χ2n) is 7.28. The van der Waals surface area contributed by atoms with E-state index >= 15 is 0 Å². The number of H-pyrrole nitrogens is 1. The van der Waals surface area contributed by atoms with Crippen LogP contribution in [-0.2, 0) is 9.84 Å². The largest absolute Gasteiger partial charge is 0.457 e. The summed E-state index contributed by atoms with van der Waals surface area (Å²) >= 11 is 0. The average Bonchev–Trinajstić information content (AvgIpc) is 3.30. The minimum Gasteiger partial charge on any atom is -0.457 e. The summed E-state index contributed by atoms with van der Waals surface area (Å²) < 4.78 is 31.2. The van der Waals surface area contributed by atoms with E-state index in [2.05, 4.69) is 10.2 Å². The van der Waals surface area contributed by atoms with Crippen LogP contribution in [-0.4, -0.2) is 35.1 Å². The lowest BCUT2D eigenvalue weighted by Gasteiger charge is -2.16. The van der Waals surface area contributed by atoms with Crippen molar-refractivity contribution >= 4 is 26.9 Å². The molecule has 0 amide bonds. The van der Waals surface area contributed by atoms with Crippen molar-refractivity contribution in [2.24, 2.45) is 0 Å². The van der Waals surface area contributed by atoms with E-state index in [1.165, 1.54) is 6.07 Å². The first-order chi connectivity index (χ1) is 15.8. The second kappa shape index (κ2) is 9.21. The zero-order chi connectivity index (χ0) is 23.4. The Morgan fingerprint density at radius 2 is 1.76 bits per heavy atom. The smallest absolute Gasteiger partial charge is 0.269 e. The van der Waals surface area contributed by atoms with Gasteiger partial charge in [-0.05, 0) is 49.2 Å². The van der Waals surface area contributed by atoms with Crippen molar-refractivity contribution in [3.8, 4) is 5.75 Å². The van der Waals surface area contributed by atoms with Gasteiger partial charge in [0.05, 0.1) is 15.5 Å². The van der Waals surface area contributed by atoms with Gasteiger partial charge in [-0.1, -0.05) is 24.3 Å². The number of nitro benzene ring substituents is 1. The van der Waals surface area contributed by atoms with Crippen molar-refractivity contribution < 1.29 is 22.9 Å². The SMILES string of the molecule is O=C(CS(=O)(=O)c1ccc([N+](=O)[O-])cc1)c1cc(C2=CCCC=C2Oc2ccccc2)[nH]n1. The third-order valence-corrected chi connectivity index (χ3v) is 6.60. The summed E-state index contributed by atoms with van der Waals surface area (Å²) in [4.78, 5) is 22.6. The molecular weight excluding hydrogens is 446 g/mol. The highest BCUT2D eigenvalue weighted by molar-refractivity contribution is 7.92. The van der Waals surface area contributed by atoms with Crippen LogP contribution in [0.2, 0.25) is 0 Å². The molecular formula is C23H19N3O6S. The predicted molar refractivity (Wildman–Crippen MR) is 120 cm³/mol. The maximum atomic E-state index is 12.6. The number of carbonyl (C=O) groups is 1. The first-order valence-corrected chi connectivity index (χ1v) is 11.7. The summed E-state index contributed by atoms with van der Waals surface area (Å²) in [5.74, 6) is -0.214. The zero-order valence-electron chi connectivity index (χ0n) is 17.3. The Bertz CT molecular complexity index is 1360. The molecule has 1 aliphatic carbocycles. The van der Waals surface area contributed by atoms with Gasteiger partial charge in [-0.3, -0.25) is 20.0 Å². The van der Waals surface area contributed by atoms with Crippen LogP contribution in [0.1, 0.15) is 29.0 Å². The molecule has 0 unspecified atom stereocenters. The van der Waals surface area contributed by atoms with Crippen molar-refractivity contribution in [1.82, 2.24) is 10.2 Å². The van der Waals surface area contributed by atoms with E-state index in [4.69, 9.17) is 4.74 Å². The van der Waals surface area contributed by atoms with Gasteiger partial charge in [-0.25, -0.2) is 8.42 Å². The summed E-state index contributed by atoms with van der Waals surface area (Å²) in [5, 5.41) is 17.5. The number of para-hydroxylation sites is 1. The van der Waals surface area contributed by atoms with Crippen molar-refractivity contribution in [1.29, 1.82) is 0 Å². The van der Waals surface area contributed by atoms with Gasteiger partial charge in [0.2, 0.25) is 0 Å². The molecule has 0 radical (unpaired) electrons. The number of ether oxygens (including phenoxy) is 1. The lowest BCUT2D eigenvalue weighted by molar-refractivity contribution is -0.384. The van der Waals surface area contributed by atoms with E-state index < -0.39 is 26.3 Å². The van der Waals surface area contributed by atoms with Crippen LogP contribution in [0.25, 0.3) is 5.57 Å². The lowest BCUT2D eigenvalue weighted by atomic mass is 10.0. The molecule has 0 spiro atoms. The van der Waals surface area contributed by atoms with Crippen molar-refractivity contribution in [3.63, 3.8) is 0 Å². The molecule has 0 atom stereocenters. The fraction of sp³-hybridized carbons (Fsp3) is 0.130. The van der Waals surface area contributed by atoms with E-state index in [1.807, 2.05) is 42.5 Å². The highest BCUT2D eigenvalue weighted by Crippen LogP contribution is 2.30. The van der Waals surface area contributed by atoms with Crippen LogP contribution >= 0.6 is 0 Å². The molecule has 0 fully saturated rings. The molecule has 9 nitrogen and oxygen atoms in total. The van der Waals surface area contributed by atoms with Gasteiger partial charge in [0.15, 0.2) is 15.6 Å². The topological polar surface area (TPSA) is 132 Å². The van der Waals surface area contributed by atoms with Crippen LogP contribution in [0.3, 0.4) is 0 Å². The van der Waals surface area contributed by atoms with E-state index in [0.717, 1.165) is 42.7 Å². The van der Waals surface area contributed by atoms with Crippen molar-refractivity contribution in [2.45, 2.75) is 17.7 Å². The predicted octanol–water partition coefficient (Wildman–Crippen LogP) is 4.11. The number of sulfone groups is 1. The van der Waals surface area contributed by atoms with E-state index in [0.29, 0.717) is 17.2 Å². The van der Waals surface area contributed by atoms with Gasteiger partial charge in [0, 0.05) is 17.7 Å². The van der Waals surface area contributed by atoms with Gasteiger partial charge < -0.3 is 4.74 Å². The zero-order valence-corrected chi connectivity index (χ0v) is 18.1. The Kier molecular flexibility index (Phi) is 6.18. The number of carbonyl (C=O) groups excluding carboxylic acids is 1. The number of nitrogens with zero attached hydrogens (tertiary/aromatic N) is 2. The molecule has 33 heavy (non-hydrogen) atoms. The molecule has 0 bridgehead atoms. The quantitative estimate of drug-likeness (QED) is 0.301. The van der Waals surface area contributed by atoms with Gasteiger partial charge in [0.1, 0.15) is 23.0 Å². The molecule has 1 aromatic heterocycles. The average molecular weight is 465 g/mol. The Morgan fingerprint density at radius 1 is 1.06 bits per heavy atom. The van der Waals surface area contributed by atoms with Crippen LogP contribution in [0.15, 0.2) is 83.5 Å². The number of Topliss-reactive ketones (excluding diaryl/α,β-unsaturated/α-hetero) is 1. The number of aromatic amines is 1. The second-order valence-corrected chi connectivity index (χ2v) is 9.27. The van der Waals surface area contributed by atoms with E-state index in [9.17, 15) is 23.3 Å². The monoisotopic (exact) mass is 465 g/mol. The highest BCUT2D eigenvalue weighted by atomic mass is 32.2. The molecule has 0 saturated heterocycles. The Hall–Kier alpha value is -4.05. The van der Waals surface area contributed by atoms with E-state index in [-0.39, 0.29) is 16.3 Å². The van der Waals surface area contributed by atoms with Crippen LogP contribution in [0.5, 0.6) is 5.75 Å². The molecule has 0 saturated carbocycles. The molecule has 3 aromatic rings. The summed E-state index contributed by atoms with van der Waals surface area (Å²) in [6.07, 6.45) is 5.50. The molecule has 168 valence electrons. The number of hydrogen-bond acceptors (Lipinski definition) is 7. The third-order valence-electron chi connectivity index (χ3n) is 4.96. The number of hydrogen-bond donors (Lipinski definition) is 1. The molecule has 4 rings (SSSR count). The number of nitro groups is 1. The van der Waals surface area contributed by atoms with E-state index in [1.54, 1.807) is 0 Å². The minimum absolute atomic E-state index is 0.0268. The lowest BCUT2D eigenvalue weighted by Crippen LogP contribution is -2.16. The van der Waals surface area contributed by atoms with Gasteiger partial charge in [0.25, 0.3) is 5.69 Å². The molecule has 2 aromatic carbocycles. The number of nitrogens with one attached hydrogen (secondary N) is 1. The normalized spacial score (nSPS) is 13.7.